The molecule has 15 nitrogen and oxygen atoms in total. The molecule has 0 spiro atoms. The molecule has 2 rings (SSSR count). The summed E-state index contributed by atoms with van der Waals surface area (Å²) in [5.41, 5.74) is -0.515. The normalized spacial score (nSPS) is 20.8. The first-order valence-electron chi connectivity index (χ1n) is 13.9. The van der Waals surface area contributed by atoms with E-state index in [2.05, 4.69) is 10.6 Å². The van der Waals surface area contributed by atoms with Gasteiger partial charge in [0.1, 0.15) is 18.1 Å². The van der Waals surface area contributed by atoms with Crippen LogP contribution in [0.2, 0.25) is 0 Å². The van der Waals surface area contributed by atoms with E-state index in [4.69, 9.17) is 23.7 Å². The van der Waals surface area contributed by atoms with Gasteiger partial charge in [-0.15, -0.1) is 0 Å². The number of thioether (sulfide) groups is 1. The van der Waals surface area contributed by atoms with Crippen LogP contribution in [-0.4, -0.2) is 84.1 Å². The number of benzene rings is 1. The summed E-state index contributed by atoms with van der Waals surface area (Å²) in [6, 6.07) is 2.64. The lowest BCUT2D eigenvalue weighted by atomic mass is 9.99. The highest BCUT2D eigenvalue weighted by Crippen LogP contribution is 2.44. The van der Waals surface area contributed by atoms with Gasteiger partial charge in [-0.05, 0) is 26.0 Å². The van der Waals surface area contributed by atoms with E-state index in [-0.39, 0.29) is 29.0 Å². The topological polar surface area (TPSA) is 193 Å². The molecule has 5 atom stereocenters. The zero-order valence-corrected chi connectivity index (χ0v) is 27.4. The molecule has 248 valence electrons. The summed E-state index contributed by atoms with van der Waals surface area (Å²) >= 11 is 0.918. The van der Waals surface area contributed by atoms with Crippen LogP contribution in [-0.2, 0) is 57.2 Å². The number of esters is 4. The van der Waals surface area contributed by atoms with Gasteiger partial charge in [-0.2, -0.15) is 0 Å². The molecule has 1 saturated heterocycles. The maximum Gasteiger partial charge on any atom is 0.303 e. The fourth-order valence-corrected chi connectivity index (χ4v) is 5.87. The van der Waals surface area contributed by atoms with Crippen molar-refractivity contribution in [3.05, 3.63) is 12.1 Å². The SMILES string of the molecule is CC(=O)Nc1cc(NC(C)=O)c(N(C(C)=O)C(C)C)cc1S[C@@H]1O[C@H](COC(C)=O)[C@H](OC(C)=O)[C@H](OC(C)=O)[C@H]1OC(C)=O. The molecule has 1 aliphatic heterocycles. The predicted molar refractivity (Wildman–Crippen MR) is 161 cm³/mol. The largest absolute Gasteiger partial charge is 0.463 e. The number of carbonyl (C=O) groups is 7. The highest BCUT2D eigenvalue weighted by molar-refractivity contribution is 8.00. The molecule has 45 heavy (non-hydrogen) atoms. The van der Waals surface area contributed by atoms with Gasteiger partial charge in [0.15, 0.2) is 18.3 Å². The Hall–Kier alpha value is -4.18. The standard InChI is InChI=1S/C29H39N3O12S/c1-13(2)32(16(5)35)23-11-25(22(31-15(4)34)10-21(23)30-14(3)33)45-29-28(43-20(9)39)27(42-19(8)38)26(41-18(7)37)24(44-29)12-40-17(6)36/h10-11,13,24,26-29H,12H2,1-9H3,(H,30,33)(H,31,34)/t24-,26+,27+,28-,29+/m1/s1. The van der Waals surface area contributed by atoms with E-state index >= 15 is 0 Å². The van der Waals surface area contributed by atoms with Crippen LogP contribution in [0.15, 0.2) is 17.0 Å². The molecule has 0 saturated carbocycles. The minimum Gasteiger partial charge on any atom is -0.463 e. The Labute approximate surface area is 265 Å². The minimum absolute atomic E-state index is 0.195. The number of anilines is 3. The summed E-state index contributed by atoms with van der Waals surface area (Å²) < 4.78 is 27.8. The number of nitrogens with one attached hydrogen (secondary N) is 2. The van der Waals surface area contributed by atoms with Gasteiger partial charge < -0.3 is 39.2 Å². The second kappa shape index (κ2) is 16.2. The van der Waals surface area contributed by atoms with Crippen molar-refractivity contribution >= 4 is 70.4 Å². The first kappa shape index (κ1) is 37.0. The third kappa shape index (κ3) is 10.7. The molecule has 2 N–H and O–H groups in total. The lowest BCUT2D eigenvalue weighted by Gasteiger charge is -2.44. The second-order valence-corrected chi connectivity index (χ2v) is 11.5. The fourth-order valence-electron chi connectivity index (χ4n) is 4.66. The number of rotatable bonds is 11. The number of carbonyl (C=O) groups excluding carboxylic acids is 7. The predicted octanol–water partition coefficient (Wildman–Crippen LogP) is 2.54. The maximum absolute atomic E-state index is 12.7. The summed E-state index contributed by atoms with van der Waals surface area (Å²) in [6.45, 7) is 11.5. The average molecular weight is 654 g/mol. The molecule has 0 unspecified atom stereocenters. The Morgan fingerprint density at radius 2 is 1.27 bits per heavy atom. The van der Waals surface area contributed by atoms with Gasteiger partial charge in [-0.25, -0.2) is 0 Å². The van der Waals surface area contributed by atoms with Crippen molar-refractivity contribution in [1.29, 1.82) is 0 Å². The number of nitrogens with zero attached hydrogens (tertiary/aromatic N) is 1. The molecule has 0 aliphatic carbocycles. The molecule has 0 aromatic heterocycles. The average Bonchev–Trinajstić information content (AvgIpc) is 2.86. The van der Waals surface area contributed by atoms with E-state index < -0.39 is 72.2 Å². The lowest BCUT2D eigenvalue weighted by molar-refractivity contribution is -0.237. The molecule has 0 bridgehead atoms. The summed E-state index contributed by atoms with van der Waals surface area (Å²) in [7, 11) is 0. The van der Waals surface area contributed by atoms with Gasteiger partial charge in [0.25, 0.3) is 0 Å². The van der Waals surface area contributed by atoms with Gasteiger partial charge in [0, 0.05) is 59.4 Å². The van der Waals surface area contributed by atoms with Crippen LogP contribution in [0.3, 0.4) is 0 Å². The quantitative estimate of drug-likeness (QED) is 0.262. The summed E-state index contributed by atoms with van der Waals surface area (Å²) in [5.74, 6) is -4.25. The van der Waals surface area contributed by atoms with Crippen LogP contribution in [0.5, 0.6) is 0 Å². The van der Waals surface area contributed by atoms with Crippen molar-refractivity contribution in [3.8, 4) is 0 Å². The first-order chi connectivity index (χ1) is 20.9. The van der Waals surface area contributed by atoms with E-state index in [1.165, 1.54) is 37.8 Å². The first-order valence-corrected chi connectivity index (χ1v) is 14.8. The monoisotopic (exact) mass is 653 g/mol. The lowest BCUT2D eigenvalue weighted by Crippen LogP contribution is -2.61. The molecular weight excluding hydrogens is 614 g/mol. The molecule has 1 aromatic rings. The van der Waals surface area contributed by atoms with Crippen LogP contribution in [0, 0.1) is 0 Å². The van der Waals surface area contributed by atoms with Gasteiger partial charge >= 0.3 is 23.9 Å². The minimum atomic E-state index is -1.41. The fraction of sp³-hybridized carbons (Fsp3) is 0.552. The van der Waals surface area contributed by atoms with Crippen LogP contribution < -0.4 is 15.5 Å². The number of hydrogen-bond acceptors (Lipinski definition) is 13. The third-order valence-corrected chi connectivity index (χ3v) is 7.23. The molecule has 1 heterocycles. The molecule has 1 fully saturated rings. The molecule has 0 radical (unpaired) electrons. The summed E-state index contributed by atoms with van der Waals surface area (Å²) in [5, 5.41) is 5.37. The van der Waals surface area contributed by atoms with Crippen molar-refractivity contribution in [3.63, 3.8) is 0 Å². The van der Waals surface area contributed by atoms with Crippen molar-refractivity contribution in [1.82, 2.24) is 0 Å². The second-order valence-electron chi connectivity index (χ2n) is 10.4. The van der Waals surface area contributed by atoms with Gasteiger partial charge in [-0.1, -0.05) is 11.8 Å². The van der Waals surface area contributed by atoms with E-state index in [0.29, 0.717) is 4.90 Å². The Balaban J connectivity index is 2.82. The number of amides is 3. The maximum atomic E-state index is 12.7. The Bertz CT molecular complexity index is 1330. The Morgan fingerprint density at radius 1 is 0.756 bits per heavy atom. The highest BCUT2D eigenvalue weighted by atomic mass is 32.2. The Morgan fingerprint density at radius 3 is 1.73 bits per heavy atom. The molecular formula is C29H39N3O12S. The van der Waals surface area contributed by atoms with Crippen molar-refractivity contribution in [2.75, 3.05) is 22.1 Å². The molecule has 1 aliphatic rings. The third-order valence-electron chi connectivity index (χ3n) is 6.03. The van der Waals surface area contributed by atoms with Gasteiger partial charge in [-0.3, -0.25) is 33.6 Å². The Kier molecular flexibility index (Phi) is 13.3. The number of hydrogen-bond donors (Lipinski definition) is 2. The van der Waals surface area contributed by atoms with Crippen LogP contribution >= 0.6 is 11.8 Å². The molecule has 16 heteroatoms. The number of ether oxygens (including phenoxy) is 5. The summed E-state index contributed by atoms with van der Waals surface area (Å²) in [4.78, 5) is 87.0. The summed E-state index contributed by atoms with van der Waals surface area (Å²) in [6.07, 6.45) is -5.34. The van der Waals surface area contributed by atoms with Crippen molar-refractivity contribution in [2.24, 2.45) is 0 Å². The van der Waals surface area contributed by atoms with Crippen LogP contribution in [0.1, 0.15) is 62.3 Å². The van der Waals surface area contributed by atoms with Crippen LogP contribution in [0.4, 0.5) is 17.1 Å². The van der Waals surface area contributed by atoms with E-state index in [9.17, 15) is 33.6 Å². The highest BCUT2D eigenvalue weighted by Gasteiger charge is 2.52. The van der Waals surface area contributed by atoms with Gasteiger partial charge in [0.05, 0.1) is 17.1 Å². The van der Waals surface area contributed by atoms with Crippen LogP contribution in [0.25, 0.3) is 0 Å². The zero-order valence-electron chi connectivity index (χ0n) is 26.6. The zero-order chi connectivity index (χ0) is 34.2. The van der Waals surface area contributed by atoms with Crippen molar-refractivity contribution in [2.45, 2.75) is 103 Å². The van der Waals surface area contributed by atoms with E-state index in [1.54, 1.807) is 13.8 Å². The van der Waals surface area contributed by atoms with E-state index in [0.717, 1.165) is 39.5 Å². The molecule has 3 amide bonds. The molecule has 1 aromatic carbocycles. The van der Waals surface area contributed by atoms with E-state index in [1.807, 2.05) is 0 Å². The van der Waals surface area contributed by atoms with Crippen molar-refractivity contribution < 1.29 is 57.2 Å². The smallest absolute Gasteiger partial charge is 0.303 e. The van der Waals surface area contributed by atoms with Gasteiger partial charge in [0.2, 0.25) is 17.7 Å².